The summed E-state index contributed by atoms with van der Waals surface area (Å²) in [6, 6.07) is 5.06. The van der Waals surface area contributed by atoms with Gasteiger partial charge in [0.1, 0.15) is 11.8 Å². The molecule has 0 radical (unpaired) electrons. The Balaban J connectivity index is 2.73. The predicted molar refractivity (Wildman–Crippen MR) is 65.0 cm³/mol. The van der Waals surface area contributed by atoms with E-state index in [2.05, 4.69) is 17.5 Å². The smallest absolute Gasteiger partial charge is 0.326 e. The Morgan fingerprint density at radius 3 is 2.41 bits per heavy atom. The van der Waals surface area contributed by atoms with E-state index >= 15 is 0 Å². The summed E-state index contributed by atoms with van der Waals surface area (Å²) in [6.45, 7) is 0. The van der Waals surface area contributed by atoms with Crippen LogP contribution in [0.3, 0.4) is 0 Å². The molecule has 0 saturated heterocycles. The third kappa shape index (κ3) is 4.20. The average Bonchev–Trinajstić information content (AvgIpc) is 2.30. The highest BCUT2D eigenvalue weighted by Crippen LogP contribution is 2.11. The van der Waals surface area contributed by atoms with Gasteiger partial charge in [-0.3, -0.25) is 4.79 Å². The van der Waals surface area contributed by atoms with E-state index < -0.39 is 17.9 Å². The molecule has 0 heterocycles. The Kier molecular flexibility index (Phi) is 4.59. The van der Waals surface area contributed by atoms with Crippen molar-refractivity contribution in [3.05, 3.63) is 29.8 Å². The summed E-state index contributed by atoms with van der Waals surface area (Å²) in [4.78, 5) is 21.9. The van der Waals surface area contributed by atoms with Gasteiger partial charge in [0, 0.05) is 6.42 Å². The van der Waals surface area contributed by atoms with Gasteiger partial charge in [0.25, 0.3) is 5.91 Å². The Bertz CT molecular complexity index is 430. The van der Waals surface area contributed by atoms with Crippen molar-refractivity contribution in [2.45, 2.75) is 12.5 Å². The number of benzene rings is 1. The average molecular weight is 253 g/mol. The normalized spacial score (nSPS) is 11.5. The third-order valence-corrected chi connectivity index (χ3v) is 2.31. The van der Waals surface area contributed by atoms with Gasteiger partial charge in [-0.15, -0.1) is 0 Å². The van der Waals surface area contributed by atoms with Gasteiger partial charge >= 0.3 is 5.97 Å². The fourth-order valence-corrected chi connectivity index (χ4v) is 1.34. The number of nitrogens with one attached hydrogen (secondary N) is 1. The second kappa shape index (κ2) is 5.95. The number of aromatic hydroxyl groups is 1. The van der Waals surface area contributed by atoms with E-state index in [-0.39, 0.29) is 12.2 Å². The van der Waals surface area contributed by atoms with E-state index in [0.717, 1.165) is 5.37 Å². The second-order valence-corrected chi connectivity index (χ2v) is 3.62. The lowest BCUT2D eigenvalue weighted by molar-refractivity contribution is -0.140. The molecule has 0 fully saturated rings. The lowest BCUT2D eigenvalue weighted by Crippen LogP contribution is -2.42. The summed E-state index contributed by atoms with van der Waals surface area (Å²) in [7, 11) is 0. The van der Waals surface area contributed by atoms with Crippen LogP contribution in [-0.2, 0) is 16.0 Å². The highest BCUT2D eigenvalue weighted by atomic mass is 32.1. The van der Waals surface area contributed by atoms with Crippen LogP contribution in [0.4, 0.5) is 0 Å². The molecule has 0 aliphatic rings. The van der Waals surface area contributed by atoms with E-state index in [0.29, 0.717) is 5.56 Å². The number of rotatable bonds is 5. The van der Waals surface area contributed by atoms with Crippen LogP contribution in [0.2, 0.25) is 0 Å². The zero-order valence-electron chi connectivity index (χ0n) is 8.79. The van der Waals surface area contributed by atoms with Crippen molar-refractivity contribution in [1.29, 1.82) is 0 Å². The Morgan fingerprint density at radius 1 is 1.35 bits per heavy atom. The molecule has 0 spiro atoms. The molecular weight excluding hydrogens is 242 g/mol. The Labute approximate surface area is 103 Å². The second-order valence-electron chi connectivity index (χ2n) is 3.39. The number of carboxylic acid groups (broad SMARTS) is 1. The SMILES string of the molecule is O=C(C=S)N[C@@H](Cc1ccc(O)cc1)C(=O)O. The number of carboxylic acids is 1. The van der Waals surface area contributed by atoms with Crippen molar-refractivity contribution in [3.63, 3.8) is 0 Å². The van der Waals surface area contributed by atoms with Crippen molar-refractivity contribution in [2.75, 3.05) is 0 Å². The number of carbonyl (C=O) groups excluding carboxylic acids is 1. The number of phenolic OH excluding ortho intramolecular Hbond substituents is 1. The molecule has 1 atom stereocenters. The lowest BCUT2D eigenvalue weighted by atomic mass is 10.1. The van der Waals surface area contributed by atoms with Gasteiger partial charge in [0.2, 0.25) is 0 Å². The number of amides is 1. The van der Waals surface area contributed by atoms with E-state index in [1.165, 1.54) is 12.1 Å². The van der Waals surface area contributed by atoms with Crippen molar-refractivity contribution in [2.24, 2.45) is 0 Å². The summed E-state index contributed by atoms with van der Waals surface area (Å²) < 4.78 is 0. The topological polar surface area (TPSA) is 86.6 Å². The fourth-order valence-electron chi connectivity index (χ4n) is 1.27. The first-order valence-electron chi connectivity index (χ1n) is 4.79. The number of thiocarbonyl (C=S) groups is 1. The molecule has 1 aromatic rings. The van der Waals surface area contributed by atoms with Crippen LogP contribution in [0, 0.1) is 0 Å². The standard InChI is InChI=1S/C11H11NO4S/c13-8-3-1-7(2-4-8)5-9(11(15)16)12-10(14)6-17/h1-4,6,9,13H,5H2,(H,12,14)(H,15,16)/t9-/m0/s1. The molecule has 90 valence electrons. The molecule has 5 nitrogen and oxygen atoms in total. The van der Waals surface area contributed by atoms with Crippen LogP contribution in [0.25, 0.3) is 0 Å². The summed E-state index contributed by atoms with van der Waals surface area (Å²) >= 11 is 4.40. The van der Waals surface area contributed by atoms with Crippen molar-refractivity contribution in [1.82, 2.24) is 5.32 Å². The number of phenols is 1. The molecule has 1 amide bonds. The Hall–Kier alpha value is -1.95. The maximum absolute atomic E-state index is 11.0. The molecular formula is C11H11NO4S. The molecule has 0 aliphatic heterocycles. The van der Waals surface area contributed by atoms with Gasteiger partial charge in [-0.05, 0) is 17.7 Å². The molecule has 0 aliphatic carbocycles. The predicted octanol–water partition coefficient (Wildman–Crippen LogP) is 0.504. The van der Waals surface area contributed by atoms with Crippen LogP contribution in [0.5, 0.6) is 5.75 Å². The van der Waals surface area contributed by atoms with Crippen LogP contribution < -0.4 is 5.32 Å². The highest BCUT2D eigenvalue weighted by molar-refractivity contribution is 7.80. The van der Waals surface area contributed by atoms with Gasteiger partial charge in [-0.2, -0.15) is 0 Å². The molecule has 1 rings (SSSR count). The van der Waals surface area contributed by atoms with Crippen molar-refractivity contribution >= 4 is 29.5 Å². The monoisotopic (exact) mass is 253 g/mol. The molecule has 0 bridgehead atoms. The van der Waals surface area contributed by atoms with Gasteiger partial charge < -0.3 is 15.5 Å². The maximum Gasteiger partial charge on any atom is 0.326 e. The largest absolute Gasteiger partial charge is 0.508 e. The van der Waals surface area contributed by atoms with Gasteiger partial charge in [0.05, 0.1) is 5.37 Å². The summed E-state index contributed by atoms with van der Waals surface area (Å²) in [5, 5.41) is 21.1. The summed E-state index contributed by atoms with van der Waals surface area (Å²) in [5.74, 6) is -1.64. The number of hydrogen-bond donors (Lipinski definition) is 3. The summed E-state index contributed by atoms with van der Waals surface area (Å²) in [5.41, 5.74) is 0.694. The minimum absolute atomic E-state index is 0.101. The minimum Gasteiger partial charge on any atom is -0.508 e. The summed E-state index contributed by atoms with van der Waals surface area (Å²) in [6.07, 6.45) is 0.129. The number of carbonyl (C=O) groups is 2. The third-order valence-electron chi connectivity index (χ3n) is 2.10. The highest BCUT2D eigenvalue weighted by Gasteiger charge is 2.19. The fraction of sp³-hybridized carbons (Fsp3) is 0.182. The van der Waals surface area contributed by atoms with Crippen LogP contribution in [0.15, 0.2) is 24.3 Å². The molecule has 3 N–H and O–H groups in total. The van der Waals surface area contributed by atoms with Crippen molar-refractivity contribution < 1.29 is 19.8 Å². The molecule has 17 heavy (non-hydrogen) atoms. The van der Waals surface area contributed by atoms with Crippen LogP contribution in [0.1, 0.15) is 5.56 Å². The van der Waals surface area contributed by atoms with Crippen LogP contribution in [-0.4, -0.2) is 33.5 Å². The zero-order chi connectivity index (χ0) is 12.8. The van der Waals surface area contributed by atoms with E-state index in [9.17, 15) is 9.59 Å². The molecule has 0 aromatic heterocycles. The van der Waals surface area contributed by atoms with E-state index in [1.54, 1.807) is 12.1 Å². The molecule has 1 aromatic carbocycles. The Morgan fingerprint density at radius 2 is 1.94 bits per heavy atom. The first-order chi connectivity index (χ1) is 8.02. The number of hydrogen-bond acceptors (Lipinski definition) is 4. The minimum atomic E-state index is -1.14. The van der Waals surface area contributed by atoms with Gasteiger partial charge in [0.15, 0.2) is 0 Å². The van der Waals surface area contributed by atoms with E-state index in [1.807, 2.05) is 0 Å². The molecule has 0 saturated carbocycles. The van der Waals surface area contributed by atoms with E-state index in [4.69, 9.17) is 10.2 Å². The first kappa shape index (κ1) is 13.1. The molecule has 6 heteroatoms. The molecule has 0 unspecified atom stereocenters. The van der Waals surface area contributed by atoms with Crippen molar-refractivity contribution in [3.8, 4) is 5.75 Å². The van der Waals surface area contributed by atoms with Crippen LogP contribution >= 0.6 is 12.2 Å². The van der Waals surface area contributed by atoms with Gasteiger partial charge in [-0.25, -0.2) is 4.79 Å². The lowest BCUT2D eigenvalue weighted by Gasteiger charge is -2.12. The van der Waals surface area contributed by atoms with Gasteiger partial charge in [-0.1, -0.05) is 24.4 Å². The quantitative estimate of drug-likeness (QED) is 0.665. The maximum atomic E-state index is 11.0. The number of aliphatic carboxylic acids is 1. The first-order valence-corrected chi connectivity index (χ1v) is 5.26. The zero-order valence-corrected chi connectivity index (χ0v) is 9.61.